The zero-order chi connectivity index (χ0) is 26.7. The summed E-state index contributed by atoms with van der Waals surface area (Å²) in [5.74, 6) is -1.19. The van der Waals surface area contributed by atoms with Crippen molar-refractivity contribution in [3.8, 4) is 22.5 Å². The summed E-state index contributed by atoms with van der Waals surface area (Å²) in [7, 11) is 0. The maximum Gasteiger partial charge on any atom is 0.335 e. The Morgan fingerprint density at radius 2 is 1.74 bits per heavy atom. The van der Waals surface area contributed by atoms with E-state index < -0.39 is 5.97 Å². The fraction of sp³-hybridized carbons (Fsp3) is 0.219. The first kappa shape index (κ1) is 23.6. The molecule has 2 N–H and O–H groups in total. The fourth-order valence-corrected chi connectivity index (χ4v) is 6.45. The van der Waals surface area contributed by atoms with Crippen LogP contribution in [0.2, 0.25) is 0 Å². The summed E-state index contributed by atoms with van der Waals surface area (Å²) in [5.41, 5.74) is 6.30. The number of carboxylic acid groups (broad SMARTS) is 1. The summed E-state index contributed by atoms with van der Waals surface area (Å²) in [5, 5.41) is 14.6. The summed E-state index contributed by atoms with van der Waals surface area (Å²) < 4.78 is 16.5. The summed E-state index contributed by atoms with van der Waals surface area (Å²) in [6.07, 6.45) is 5.63. The minimum absolute atomic E-state index is 0.0819. The minimum atomic E-state index is -0.993. The number of aromatic carboxylic acids is 1. The van der Waals surface area contributed by atoms with E-state index in [9.17, 15) is 19.1 Å². The van der Waals surface area contributed by atoms with Crippen molar-refractivity contribution in [2.75, 3.05) is 5.32 Å². The van der Waals surface area contributed by atoms with Gasteiger partial charge in [0.15, 0.2) is 0 Å². The molecule has 3 heterocycles. The summed E-state index contributed by atoms with van der Waals surface area (Å²) in [6.45, 7) is 0.0819. The van der Waals surface area contributed by atoms with E-state index in [0.29, 0.717) is 28.4 Å². The summed E-state index contributed by atoms with van der Waals surface area (Å²) in [4.78, 5) is 29.9. The van der Waals surface area contributed by atoms with E-state index in [2.05, 4.69) is 5.32 Å². The van der Waals surface area contributed by atoms with Crippen LogP contribution in [0.4, 0.5) is 10.1 Å². The van der Waals surface area contributed by atoms with Gasteiger partial charge in [0.1, 0.15) is 12.4 Å². The molecule has 7 heteroatoms. The van der Waals surface area contributed by atoms with Gasteiger partial charge in [0.2, 0.25) is 5.91 Å². The second kappa shape index (κ2) is 9.05. The van der Waals surface area contributed by atoms with Gasteiger partial charge in [-0.05, 0) is 72.9 Å². The maximum absolute atomic E-state index is 14.5. The highest BCUT2D eigenvalue weighted by Crippen LogP contribution is 2.48. The van der Waals surface area contributed by atoms with Crippen molar-refractivity contribution < 1.29 is 19.1 Å². The SMILES string of the molecule is O=C1Cn2c(c(C3CCCCC3)c3ccc(C(=O)O)cc32)-c2ccc3nc(-c4ccccc4F)ccc3c2N1. The van der Waals surface area contributed by atoms with Gasteiger partial charge in [0, 0.05) is 21.9 Å². The van der Waals surface area contributed by atoms with E-state index in [-0.39, 0.29) is 23.8 Å². The Labute approximate surface area is 224 Å². The maximum atomic E-state index is 14.5. The first-order valence-electron chi connectivity index (χ1n) is 13.4. The number of halogens is 1. The molecule has 7 rings (SSSR count). The molecule has 39 heavy (non-hydrogen) atoms. The van der Waals surface area contributed by atoms with E-state index in [4.69, 9.17) is 4.98 Å². The van der Waals surface area contributed by atoms with Crippen LogP contribution in [0.15, 0.2) is 66.7 Å². The van der Waals surface area contributed by atoms with E-state index in [1.54, 1.807) is 36.4 Å². The van der Waals surface area contributed by atoms with Crippen LogP contribution in [0.25, 0.3) is 44.3 Å². The van der Waals surface area contributed by atoms with Gasteiger partial charge in [-0.25, -0.2) is 14.2 Å². The smallest absolute Gasteiger partial charge is 0.335 e. The second-order valence-corrected chi connectivity index (χ2v) is 10.5. The first-order chi connectivity index (χ1) is 19.0. The quantitative estimate of drug-likeness (QED) is 0.261. The van der Waals surface area contributed by atoms with Crippen LogP contribution in [0.3, 0.4) is 0 Å². The molecule has 1 fully saturated rings. The van der Waals surface area contributed by atoms with Crippen LogP contribution in [0.1, 0.15) is 53.9 Å². The fourth-order valence-electron chi connectivity index (χ4n) is 6.45. The topological polar surface area (TPSA) is 84.2 Å². The summed E-state index contributed by atoms with van der Waals surface area (Å²) in [6, 6.07) is 19.4. The summed E-state index contributed by atoms with van der Waals surface area (Å²) >= 11 is 0. The average Bonchev–Trinajstić information content (AvgIpc) is 3.17. The largest absolute Gasteiger partial charge is 0.478 e. The highest BCUT2D eigenvalue weighted by atomic mass is 19.1. The van der Waals surface area contributed by atoms with Crippen LogP contribution < -0.4 is 5.32 Å². The molecule has 2 aliphatic rings. The number of nitrogens with one attached hydrogen (secondary N) is 1. The number of aromatic nitrogens is 2. The third-order valence-corrected chi connectivity index (χ3v) is 8.21. The van der Waals surface area contributed by atoms with Crippen molar-refractivity contribution >= 4 is 39.4 Å². The van der Waals surface area contributed by atoms with Crippen molar-refractivity contribution in [2.24, 2.45) is 0 Å². The number of pyridine rings is 1. The van der Waals surface area contributed by atoms with Gasteiger partial charge >= 0.3 is 5.97 Å². The van der Waals surface area contributed by atoms with Gasteiger partial charge in [-0.1, -0.05) is 37.5 Å². The first-order valence-corrected chi connectivity index (χ1v) is 13.4. The van der Waals surface area contributed by atoms with Crippen molar-refractivity contribution in [2.45, 2.75) is 44.6 Å². The number of hydrogen-bond acceptors (Lipinski definition) is 3. The Morgan fingerprint density at radius 1 is 0.949 bits per heavy atom. The molecule has 0 unspecified atom stereocenters. The lowest BCUT2D eigenvalue weighted by molar-refractivity contribution is -0.116. The monoisotopic (exact) mass is 519 g/mol. The molecule has 1 amide bonds. The molecule has 2 aromatic heterocycles. The van der Waals surface area contributed by atoms with Crippen molar-refractivity contribution in [1.82, 2.24) is 9.55 Å². The number of anilines is 1. The molecule has 0 bridgehead atoms. The predicted molar refractivity (Wildman–Crippen MR) is 149 cm³/mol. The third kappa shape index (κ3) is 3.80. The molecule has 3 aromatic carbocycles. The molecule has 6 nitrogen and oxygen atoms in total. The Bertz CT molecular complexity index is 1820. The normalized spacial score (nSPS) is 15.6. The standard InChI is InChI=1S/C32H26FN3O3/c33-24-9-5-4-8-20(24)25-14-12-21-26(34-25)15-13-23-30(21)35-28(37)17-36-27-16-19(32(38)39)10-11-22(27)29(31(23)36)18-6-2-1-3-7-18/h4-5,8-16,18H,1-3,6-7,17H2,(H,35,37)(H,38,39). The van der Waals surface area contributed by atoms with Crippen LogP contribution in [0.5, 0.6) is 0 Å². The average molecular weight is 520 g/mol. The third-order valence-electron chi connectivity index (χ3n) is 8.21. The number of fused-ring (bicyclic) bond motifs is 7. The molecule has 0 radical (unpaired) electrons. The van der Waals surface area contributed by atoms with E-state index >= 15 is 0 Å². The zero-order valence-corrected chi connectivity index (χ0v) is 21.2. The van der Waals surface area contributed by atoms with Gasteiger partial charge in [0.25, 0.3) is 0 Å². The molecule has 1 aliphatic heterocycles. The molecular weight excluding hydrogens is 493 g/mol. The Morgan fingerprint density at radius 3 is 2.54 bits per heavy atom. The molecular formula is C32H26FN3O3. The number of carbonyl (C=O) groups excluding carboxylic acids is 1. The number of rotatable bonds is 3. The van der Waals surface area contributed by atoms with Crippen LogP contribution >= 0.6 is 0 Å². The van der Waals surface area contributed by atoms with Gasteiger partial charge in [-0.3, -0.25) is 4.79 Å². The minimum Gasteiger partial charge on any atom is -0.478 e. The molecule has 5 aromatic rings. The van der Waals surface area contributed by atoms with Crippen molar-refractivity contribution in [1.29, 1.82) is 0 Å². The highest BCUT2D eigenvalue weighted by molar-refractivity contribution is 6.11. The van der Waals surface area contributed by atoms with Crippen LogP contribution in [-0.2, 0) is 11.3 Å². The number of benzene rings is 3. The lowest BCUT2D eigenvalue weighted by atomic mass is 9.81. The number of carboxylic acids is 1. The molecule has 1 saturated carbocycles. The molecule has 1 aliphatic carbocycles. The number of nitrogens with zero attached hydrogens (tertiary/aromatic N) is 2. The van der Waals surface area contributed by atoms with Crippen molar-refractivity contribution in [3.05, 3.63) is 83.7 Å². The van der Waals surface area contributed by atoms with Crippen molar-refractivity contribution in [3.63, 3.8) is 0 Å². The van der Waals surface area contributed by atoms with E-state index in [1.807, 2.05) is 28.8 Å². The number of carbonyl (C=O) groups is 2. The number of hydrogen-bond donors (Lipinski definition) is 2. The zero-order valence-electron chi connectivity index (χ0n) is 21.2. The lowest BCUT2D eigenvalue weighted by Crippen LogP contribution is -2.16. The highest BCUT2D eigenvalue weighted by Gasteiger charge is 2.31. The Balaban J connectivity index is 1.50. The number of amides is 1. The molecule has 0 spiro atoms. The van der Waals surface area contributed by atoms with E-state index in [0.717, 1.165) is 53.2 Å². The Kier molecular flexibility index (Phi) is 5.47. The Hall–Kier alpha value is -4.52. The molecule has 194 valence electrons. The second-order valence-electron chi connectivity index (χ2n) is 10.5. The van der Waals surface area contributed by atoms with E-state index in [1.165, 1.54) is 18.1 Å². The van der Waals surface area contributed by atoms with Gasteiger partial charge in [-0.15, -0.1) is 0 Å². The van der Waals surface area contributed by atoms with Gasteiger partial charge in [-0.2, -0.15) is 0 Å². The van der Waals surface area contributed by atoms with Gasteiger partial charge < -0.3 is 15.0 Å². The predicted octanol–water partition coefficient (Wildman–Crippen LogP) is 7.36. The van der Waals surface area contributed by atoms with Gasteiger partial charge in [0.05, 0.1) is 33.7 Å². The molecule has 0 saturated heterocycles. The van der Waals surface area contributed by atoms with Crippen LogP contribution in [-0.4, -0.2) is 26.5 Å². The lowest BCUT2D eigenvalue weighted by Gasteiger charge is -2.24. The van der Waals surface area contributed by atoms with Crippen LogP contribution in [0, 0.1) is 5.82 Å². The molecule has 0 atom stereocenters.